The van der Waals surface area contributed by atoms with Gasteiger partial charge in [0, 0.05) is 30.4 Å². The minimum Gasteiger partial charge on any atom is -0.348 e. The topological polar surface area (TPSA) is 64.6 Å². The molecule has 22 heavy (non-hydrogen) atoms. The van der Waals surface area contributed by atoms with E-state index < -0.39 is 5.79 Å². The SMILES string of the molecule is O=C[C@@H]1CC2(CC[C@H]1NCC(=O)c1ccccc1)OCCO2. The molecule has 2 aliphatic rings. The number of carbonyl (C=O) groups excluding carboxylic acids is 2. The Hall–Kier alpha value is -1.56. The van der Waals surface area contributed by atoms with Crippen molar-refractivity contribution in [2.45, 2.75) is 31.1 Å². The van der Waals surface area contributed by atoms with E-state index in [1.54, 1.807) is 12.1 Å². The van der Waals surface area contributed by atoms with Crippen LogP contribution in [-0.2, 0) is 14.3 Å². The Kier molecular flexibility index (Phi) is 4.66. The summed E-state index contributed by atoms with van der Waals surface area (Å²) >= 11 is 0. The number of benzene rings is 1. The molecule has 0 aromatic heterocycles. The average Bonchev–Trinajstić information content (AvgIpc) is 3.02. The van der Waals surface area contributed by atoms with Gasteiger partial charge in [-0.15, -0.1) is 0 Å². The van der Waals surface area contributed by atoms with Gasteiger partial charge in [0.1, 0.15) is 6.29 Å². The second-order valence-electron chi connectivity index (χ2n) is 5.93. The fourth-order valence-corrected chi connectivity index (χ4v) is 3.30. The molecule has 0 radical (unpaired) electrons. The molecule has 1 spiro atoms. The maximum atomic E-state index is 12.1. The Balaban J connectivity index is 1.56. The summed E-state index contributed by atoms with van der Waals surface area (Å²) in [5.74, 6) is -0.720. The van der Waals surface area contributed by atoms with Crippen LogP contribution in [0, 0.1) is 5.92 Å². The van der Waals surface area contributed by atoms with Gasteiger partial charge in [-0.05, 0) is 6.42 Å². The van der Waals surface area contributed by atoms with Gasteiger partial charge in [0.05, 0.1) is 19.8 Å². The zero-order chi connectivity index (χ0) is 15.4. The molecule has 0 unspecified atom stereocenters. The van der Waals surface area contributed by atoms with Crippen molar-refractivity contribution in [2.24, 2.45) is 5.92 Å². The van der Waals surface area contributed by atoms with Crippen molar-refractivity contribution in [1.29, 1.82) is 0 Å². The van der Waals surface area contributed by atoms with Gasteiger partial charge in [-0.2, -0.15) is 0 Å². The lowest BCUT2D eigenvalue weighted by Gasteiger charge is -2.39. The predicted molar refractivity (Wildman–Crippen MR) is 80.6 cm³/mol. The van der Waals surface area contributed by atoms with E-state index in [4.69, 9.17) is 9.47 Å². The smallest absolute Gasteiger partial charge is 0.176 e. The van der Waals surface area contributed by atoms with E-state index in [0.717, 1.165) is 19.1 Å². The highest BCUT2D eigenvalue weighted by Crippen LogP contribution is 2.38. The van der Waals surface area contributed by atoms with E-state index in [1.807, 2.05) is 18.2 Å². The second-order valence-corrected chi connectivity index (χ2v) is 5.93. The second kappa shape index (κ2) is 6.69. The molecule has 1 saturated heterocycles. The monoisotopic (exact) mass is 303 g/mol. The number of hydrogen-bond acceptors (Lipinski definition) is 5. The van der Waals surface area contributed by atoms with E-state index >= 15 is 0 Å². The maximum Gasteiger partial charge on any atom is 0.176 e. The summed E-state index contributed by atoms with van der Waals surface area (Å²) in [7, 11) is 0. The summed E-state index contributed by atoms with van der Waals surface area (Å²) in [6.07, 6.45) is 3.05. The first kappa shape index (κ1) is 15.3. The lowest BCUT2D eigenvalue weighted by atomic mass is 9.81. The van der Waals surface area contributed by atoms with Crippen LogP contribution in [-0.4, -0.2) is 43.7 Å². The third kappa shape index (κ3) is 3.27. The minimum absolute atomic E-state index is 0.00332. The Morgan fingerprint density at radius 2 is 2.00 bits per heavy atom. The van der Waals surface area contributed by atoms with Crippen LogP contribution in [0.25, 0.3) is 0 Å². The molecule has 1 aliphatic heterocycles. The van der Waals surface area contributed by atoms with Gasteiger partial charge in [-0.25, -0.2) is 0 Å². The van der Waals surface area contributed by atoms with Crippen molar-refractivity contribution in [2.75, 3.05) is 19.8 Å². The van der Waals surface area contributed by atoms with E-state index in [9.17, 15) is 9.59 Å². The molecule has 5 nitrogen and oxygen atoms in total. The first-order valence-electron chi connectivity index (χ1n) is 7.77. The van der Waals surface area contributed by atoms with Gasteiger partial charge in [-0.3, -0.25) is 4.79 Å². The molecular formula is C17H21NO4. The molecule has 118 valence electrons. The summed E-state index contributed by atoms with van der Waals surface area (Å²) in [6.45, 7) is 1.43. The minimum atomic E-state index is -0.576. The molecule has 0 amide bonds. The predicted octanol–water partition coefficient (Wildman–Crippen LogP) is 1.57. The summed E-state index contributed by atoms with van der Waals surface area (Å²) in [6, 6.07) is 9.19. The van der Waals surface area contributed by atoms with E-state index in [-0.39, 0.29) is 24.3 Å². The van der Waals surface area contributed by atoms with E-state index in [0.29, 0.717) is 25.2 Å². The number of carbonyl (C=O) groups is 2. The van der Waals surface area contributed by atoms with Crippen LogP contribution in [0.15, 0.2) is 30.3 Å². The van der Waals surface area contributed by atoms with Gasteiger partial charge in [0.2, 0.25) is 0 Å². The number of hydrogen-bond donors (Lipinski definition) is 1. The zero-order valence-electron chi connectivity index (χ0n) is 12.5. The molecule has 1 N–H and O–H groups in total. The zero-order valence-corrected chi connectivity index (χ0v) is 12.5. The molecule has 5 heteroatoms. The van der Waals surface area contributed by atoms with Crippen LogP contribution < -0.4 is 5.32 Å². The fraction of sp³-hybridized carbons (Fsp3) is 0.529. The van der Waals surface area contributed by atoms with Crippen molar-refractivity contribution >= 4 is 12.1 Å². The van der Waals surface area contributed by atoms with Gasteiger partial charge >= 0.3 is 0 Å². The number of ether oxygens (including phenoxy) is 2. The molecule has 2 atom stereocenters. The van der Waals surface area contributed by atoms with Gasteiger partial charge in [-0.1, -0.05) is 30.3 Å². The van der Waals surface area contributed by atoms with Crippen LogP contribution in [0.3, 0.4) is 0 Å². The lowest BCUT2D eigenvalue weighted by Crippen LogP contribution is -2.49. The Morgan fingerprint density at radius 3 is 2.68 bits per heavy atom. The van der Waals surface area contributed by atoms with Gasteiger partial charge < -0.3 is 19.6 Å². The molecule has 1 aliphatic carbocycles. The van der Waals surface area contributed by atoms with Crippen molar-refractivity contribution in [3.05, 3.63) is 35.9 Å². The maximum absolute atomic E-state index is 12.1. The first-order valence-corrected chi connectivity index (χ1v) is 7.77. The third-order valence-corrected chi connectivity index (χ3v) is 4.51. The summed E-state index contributed by atoms with van der Waals surface area (Å²) in [5.41, 5.74) is 0.687. The number of Topliss-reactive ketones (excluding diaryl/α,β-unsaturated/α-hetero) is 1. The Bertz CT molecular complexity index is 525. The molecule has 1 aromatic rings. The molecule has 2 fully saturated rings. The van der Waals surface area contributed by atoms with Crippen molar-refractivity contribution in [3.8, 4) is 0 Å². The number of nitrogens with one attached hydrogen (secondary N) is 1. The van der Waals surface area contributed by atoms with Crippen molar-refractivity contribution in [3.63, 3.8) is 0 Å². The van der Waals surface area contributed by atoms with Crippen LogP contribution in [0.1, 0.15) is 29.6 Å². The number of aldehydes is 1. The third-order valence-electron chi connectivity index (χ3n) is 4.51. The van der Waals surface area contributed by atoms with Crippen molar-refractivity contribution < 1.29 is 19.1 Å². The average molecular weight is 303 g/mol. The summed E-state index contributed by atoms with van der Waals surface area (Å²) in [4.78, 5) is 23.5. The van der Waals surface area contributed by atoms with Crippen LogP contribution >= 0.6 is 0 Å². The van der Waals surface area contributed by atoms with Gasteiger partial charge in [0.15, 0.2) is 11.6 Å². The van der Waals surface area contributed by atoms with Crippen LogP contribution in [0.5, 0.6) is 0 Å². The molecule has 1 saturated carbocycles. The number of rotatable bonds is 5. The highest BCUT2D eigenvalue weighted by Gasteiger charge is 2.44. The highest BCUT2D eigenvalue weighted by molar-refractivity contribution is 5.97. The van der Waals surface area contributed by atoms with E-state index in [1.165, 1.54) is 0 Å². The summed E-state index contributed by atoms with van der Waals surface area (Å²) < 4.78 is 11.4. The lowest BCUT2D eigenvalue weighted by molar-refractivity contribution is -0.190. The highest BCUT2D eigenvalue weighted by atomic mass is 16.7. The Labute approximate surface area is 130 Å². The number of ketones is 1. The molecule has 0 bridgehead atoms. The quantitative estimate of drug-likeness (QED) is 0.661. The normalized spacial score (nSPS) is 26.9. The fourth-order valence-electron chi connectivity index (χ4n) is 3.30. The van der Waals surface area contributed by atoms with E-state index in [2.05, 4.69) is 5.32 Å². The standard InChI is InChI=1S/C17H21NO4/c19-12-14-10-17(21-8-9-22-17)7-6-15(14)18-11-16(20)13-4-2-1-3-5-13/h1-5,12,14-15,18H,6-11H2/t14-,15+/m0/s1. The van der Waals surface area contributed by atoms with Crippen LogP contribution in [0.4, 0.5) is 0 Å². The summed E-state index contributed by atoms with van der Waals surface area (Å²) in [5, 5.41) is 3.24. The molecule has 1 aromatic carbocycles. The first-order chi connectivity index (χ1) is 10.7. The van der Waals surface area contributed by atoms with Crippen molar-refractivity contribution in [1.82, 2.24) is 5.32 Å². The van der Waals surface area contributed by atoms with Crippen LogP contribution in [0.2, 0.25) is 0 Å². The van der Waals surface area contributed by atoms with Gasteiger partial charge in [0.25, 0.3) is 0 Å². The molecule has 3 rings (SSSR count). The Morgan fingerprint density at radius 1 is 1.27 bits per heavy atom. The molecule has 1 heterocycles. The largest absolute Gasteiger partial charge is 0.348 e. The molecular weight excluding hydrogens is 282 g/mol.